The van der Waals surface area contributed by atoms with Crippen LogP contribution in [-0.4, -0.2) is 26.1 Å². The van der Waals surface area contributed by atoms with Gasteiger partial charge in [-0.2, -0.15) is 0 Å². The third kappa shape index (κ3) is 2.22. The summed E-state index contributed by atoms with van der Waals surface area (Å²) in [5.41, 5.74) is 2.31. The van der Waals surface area contributed by atoms with Crippen molar-refractivity contribution in [2.75, 3.05) is 19.1 Å². The third-order valence-electron chi connectivity index (χ3n) is 7.08. The molecule has 0 aromatic heterocycles. The minimum atomic E-state index is -0.709. The first-order valence-corrected chi connectivity index (χ1v) is 10.6. The summed E-state index contributed by atoms with van der Waals surface area (Å²) in [6, 6.07) is 23.1. The van der Waals surface area contributed by atoms with Gasteiger partial charge in [-0.05, 0) is 59.8 Å². The summed E-state index contributed by atoms with van der Waals surface area (Å²) in [5.74, 6) is 1.61. The van der Waals surface area contributed by atoms with Gasteiger partial charge in [-0.3, -0.25) is 4.99 Å². The van der Waals surface area contributed by atoms with E-state index in [-0.39, 0.29) is 5.41 Å². The van der Waals surface area contributed by atoms with Gasteiger partial charge in [0.15, 0.2) is 0 Å². The van der Waals surface area contributed by atoms with Crippen LogP contribution >= 0.6 is 0 Å². The van der Waals surface area contributed by atoms with Gasteiger partial charge in [0.05, 0.1) is 18.7 Å². The first-order valence-electron chi connectivity index (χ1n) is 10.6. The molecular formula is C27H24N2O2. The van der Waals surface area contributed by atoms with Crippen LogP contribution in [0, 0.1) is 0 Å². The Bertz CT molecular complexity index is 1410. The van der Waals surface area contributed by atoms with Crippen molar-refractivity contribution in [3.8, 4) is 11.5 Å². The van der Waals surface area contributed by atoms with Crippen LogP contribution in [0.15, 0.2) is 71.7 Å². The number of likely N-dealkylation sites (N-methyl/N-ethyl adjacent to an activating group) is 1. The molecule has 0 fully saturated rings. The Kier molecular flexibility index (Phi) is 3.54. The fraction of sp³-hybridized carbons (Fsp3) is 0.222. The number of rotatable bonds is 1. The van der Waals surface area contributed by atoms with E-state index in [2.05, 4.69) is 74.3 Å². The summed E-state index contributed by atoms with van der Waals surface area (Å²) in [7, 11) is 3.78. The van der Waals surface area contributed by atoms with Crippen LogP contribution in [0.25, 0.3) is 21.5 Å². The lowest BCUT2D eigenvalue weighted by Crippen LogP contribution is -2.61. The van der Waals surface area contributed by atoms with Gasteiger partial charge in [-0.25, -0.2) is 0 Å². The number of ether oxygens (including phenoxy) is 2. The van der Waals surface area contributed by atoms with E-state index in [1.165, 1.54) is 22.0 Å². The maximum absolute atomic E-state index is 6.86. The molecule has 154 valence electrons. The van der Waals surface area contributed by atoms with Crippen molar-refractivity contribution >= 4 is 39.1 Å². The molecule has 0 radical (unpaired) electrons. The Morgan fingerprint density at radius 2 is 1.65 bits per heavy atom. The molecule has 0 amide bonds. The van der Waals surface area contributed by atoms with E-state index >= 15 is 0 Å². The highest BCUT2D eigenvalue weighted by atomic mass is 16.5. The number of hydrogen-bond donors (Lipinski definition) is 0. The molecule has 0 saturated heterocycles. The van der Waals surface area contributed by atoms with Crippen LogP contribution in [0.5, 0.6) is 11.5 Å². The van der Waals surface area contributed by atoms with E-state index < -0.39 is 5.72 Å². The van der Waals surface area contributed by atoms with Crippen molar-refractivity contribution in [1.29, 1.82) is 0 Å². The van der Waals surface area contributed by atoms with Crippen LogP contribution in [-0.2, 0) is 5.41 Å². The molecule has 0 bridgehead atoms. The normalized spacial score (nSPS) is 20.7. The van der Waals surface area contributed by atoms with Gasteiger partial charge >= 0.3 is 0 Å². The van der Waals surface area contributed by atoms with Gasteiger partial charge in [0.1, 0.15) is 17.2 Å². The third-order valence-corrected chi connectivity index (χ3v) is 7.08. The molecule has 2 aliphatic rings. The van der Waals surface area contributed by atoms with Crippen molar-refractivity contribution in [2.24, 2.45) is 4.99 Å². The average Bonchev–Trinajstić information content (AvgIpc) is 2.96. The standard InChI is InChI=1S/C27H24N2O2/c1-26(2)24-20-8-6-5-7-17(20)10-13-22(24)29(3)27(26)16-28-25-21-15-19(30-4)12-9-18(21)11-14-23(25)31-27/h5-16H,1-4H3. The topological polar surface area (TPSA) is 34.1 Å². The Hall–Kier alpha value is -3.53. The van der Waals surface area contributed by atoms with Crippen LogP contribution in [0.3, 0.4) is 0 Å². The fourth-order valence-electron chi connectivity index (χ4n) is 5.37. The van der Waals surface area contributed by atoms with E-state index in [1.807, 2.05) is 24.4 Å². The van der Waals surface area contributed by atoms with Crippen LogP contribution in [0.2, 0.25) is 0 Å². The van der Waals surface area contributed by atoms with E-state index in [0.717, 1.165) is 28.0 Å². The van der Waals surface area contributed by atoms with Gasteiger partial charge in [-0.15, -0.1) is 0 Å². The van der Waals surface area contributed by atoms with Crippen LogP contribution in [0.1, 0.15) is 19.4 Å². The van der Waals surface area contributed by atoms with Crippen LogP contribution < -0.4 is 14.4 Å². The maximum Gasteiger partial charge on any atom is 0.228 e. The highest BCUT2D eigenvalue weighted by Crippen LogP contribution is 2.56. The van der Waals surface area contributed by atoms with Crippen molar-refractivity contribution < 1.29 is 9.47 Å². The van der Waals surface area contributed by atoms with Gasteiger partial charge in [0.25, 0.3) is 0 Å². The second-order valence-electron chi connectivity index (χ2n) is 8.92. The molecule has 0 saturated carbocycles. The molecule has 4 aromatic carbocycles. The van der Waals surface area contributed by atoms with Gasteiger partial charge in [-0.1, -0.05) is 42.5 Å². The zero-order valence-electron chi connectivity index (χ0n) is 18.1. The lowest BCUT2D eigenvalue weighted by atomic mass is 9.76. The largest absolute Gasteiger partial charge is 0.497 e. The summed E-state index contributed by atoms with van der Waals surface area (Å²) < 4.78 is 12.3. The van der Waals surface area contributed by atoms with E-state index in [0.29, 0.717) is 0 Å². The first kappa shape index (κ1) is 18.3. The molecule has 4 heteroatoms. The Morgan fingerprint density at radius 3 is 2.48 bits per heavy atom. The molecule has 2 aliphatic heterocycles. The Balaban J connectivity index is 1.56. The van der Waals surface area contributed by atoms with Crippen LogP contribution in [0.4, 0.5) is 11.4 Å². The minimum Gasteiger partial charge on any atom is -0.497 e. The molecule has 0 aliphatic carbocycles. The summed E-state index contributed by atoms with van der Waals surface area (Å²) in [4.78, 5) is 7.23. The second-order valence-corrected chi connectivity index (χ2v) is 8.92. The molecule has 4 aromatic rings. The smallest absolute Gasteiger partial charge is 0.228 e. The van der Waals surface area contributed by atoms with E-state index in [9.17, 15) is 0 Å². The zero-order valence-corrected chi connectivity index (χ0v) is 18.1. The molecular weight excluding hydrogens is 384 g/mol. The SMILES string of the molecule is COc1ccc2ccc3c(c2c1)N=CC1(O3)N(C)c2ccc3ccccc3c2C1(C)C. The minimum absolute atomic E-state index is 0.317. The Labute approximate surface area is 181 Å². The summed E-state index contributed by atoms with van der Waals surface area (Å²) >= 11 is 0. The van der Waals surface area contributed by atoms with Gasteiger partial charge in [0.2, 0.25) is 5.72 Å². The summed E-state index contributed by atoms with van der Waals surface area (Å²) in [5, 5.41) is 4.65. The Morgan fingerprint density at radius 1 is 0.903 bits per heavy atom. The van der Waals surface area contributed by atoms with Gasteiger partial charge in [0, 0.05) is 18.1 Å². The van der Waals surface area contributed by atoms with E-state index in [1.54, 1.807) is 7.11 Å². The van der Waals surface area contributed by atoms with Crippen molar-refractivity contribution in [3.05, 3.63) is 72.3 Å². The number of hydrogen-bond acceptors (Lipinski definition) is 4. The molecule has 31 heavy (non-hydrogen) atoms. The quantitative estimate of drug-likeness (QED) is 0.375. The molecule has 4 nitrogen and oxygen atoms in total. The second kappa shape index (κ2) is 6.01. The predicted molar refractivity (Wildman–Crippen MR) is 127 cm³/mol. The van der Waals surface area contributed by atoms with Crippen molar-refractivity contribution in [1.82, 2.24) is 0 Å². The monoisotopic (exact) mass is 408 g/mol. The number of methoxy groups -OCH3 is 1. The highest BCUT2D eigenvalue weighted by Gasteiger charge is 2.59. The molecule has 1 unspecified atom stereocenters. The lowest BCUT2D eigenvalue weighted by molar-refractivity contribution is 0.0831. The highest BCUT2D eigenvalue weighted by molar-refractivity contribution is 6.02. The lowest BCUT2D eigenvalue weighted by Gasteiger charge is -2.45. The molecule has 6 rings (SSSR count). The molecule has 2 heterocycles. The number of anilines is 1. The molecule has 1 atom stereocenters. The average molecular weight is 409 g/mol. The molecule has 1 spiro atoms. The zero-order chi connectivity index (χ0) is 21.4. The summed E-state index contributed by atoms with van der Waals surface area (Å²) in [6.45, 7) is 4.51. The number of fused-ring (bicyclic) bond motifs is 6. The van der Waals surface area contributed by atoms with Gasteiger partial charge < -0.3 is 14.4 Å². The first-order chi connectivity index (χ1) is 15.0. The summed E-state index contributed by atoms with van der Waals surface area (Å²) in [6.07, 6.45) is 1.99. The number of aliphatic imine (C=N–C) groups is 1. The van der Waals surface area contributed by atoms with Crippen molar-refractivity contribution in [3.63, 3.8) is 0 Å². The maximum atomic E-state index is 6.86. The van der Waals surface area contributed by atoms with E-state index in [4.69, 9.17) is 14.5 Å². The van der Waals surface area contributed by atoms with Crippen molar-refractivity contribution in [2.45, 2.75) is 25.0 Å². The molecule has 0 N–H and O–H groups in total. The fourth-order valence-corrected chi connectivity index (χ4v) is 5.37. The number of nitrogens with zero attached hydrogens (tertiary/aromatic N) is 2. The number of benzene rings is 4. The predicted octanol–water partition coefficient (Wildman–Crippen LogP) is 6.22.